The van der Waals surface area contributed by atoms with E-state index in [2.05, 4.69) is 40.9 Å². The fourth-order valence-corrected chi connectivity index (χ4v) is 5.66. The van der Waals surface area contributed by atoms with Crippen LogP contribution in [-0.2, 0) is 12.8 Å². The summed E-state index contributed by atoms with van der Waals surface area (Å²) in [4.78, 5) is 23.8. The second kappa shape index (κ2) is 10.5. The van der Waals surface area contributed by atoms with Crippen molar-refractivity contribution >= 4 is 16.8 Å². The van der Waals surface area contributed by atoms with Crippen LogP contribution in [0, 0.1) is 18.7 Å². The first-order valence-corrected chi connectivity index (χ1v) is 13.0. The van der Waals surface area contributed by atoms with Crippen molar-refractivity contribution in [3.63, 3.8) is 0 Å². The van der Waals surface area contributed by atoms with Gasteiger partial charge in [0.05, 0.1) is 0 Å². The van der Waals surface area contributed by atoms with Crippen LogP contribution in [0.5, 0.6) is 0 Å². The van der Waals surface area contributed by atoms with Crippen molar-refractivity contribution in [2.45, 2.75) is 32.6 Å². The maximum absolute atomic E-state index is 13.4. The van der Waals surface area contributed by atoms with Crippen LogP contribution in [0.1, 0.15) is 40.0 Å². The number of aromatic amines is 1. The molecule has 0 radical (unpaired) electrons. The van der Waals surface area contributed by atoms with E-state index in [4.69, 9.17) is 0 Å². The van der Waals surface area contributed by atoms with E-state index in [1.54, 1.807) is 0 Å². The van der Waals surface area contributed by atoms with Gasteiger partial charge in [-0.25, -0.2) is 4.39 Å². The predicted molar refractivity (Wildman–Crippen MR) is 139 cm³/mol. The molecule has 0 bridgehead atoms. The molecule has 2 saturated heterocycles. The molecule has 0 atom stereocenters. The second-order valence-electron chi connectivity index (χ2n) is 10.4. The number of piperazine rings is 1. The number of rotatable bonds is 6. The van der Waals surface area contributed by atoms with Gasteiger partial charge in [0, 0.05) is 68.0 Å². The Balaban J connectivity index is 1.22. The smallest absolute Gasteiger partial charge is 0.253 e. The molecule has 6 heteroatoms. The fourth-order valence-electron chi connectivity index (χ4n) is 5.66. The van der Waals surface area contributed by atoms with E-state index in [9.17, 15) is 9.18 Å². The summed E-state index contributed by atoms with van der Waals surface area (Å²) in [5, 5.41) is 1.19. The normalized spacial score (nSPS) is 18.4. The summed E-state index contributed by atoms with van der Waals surface area (Å²) >= 11 is 0. The van der Waals surface area contributed by atoms with Crippen molar-refractivity contribution in [1.29, 1.82) is 0 Å². The van der Waals surface area contributed by atoms with Crippen LogP contribution in [0.4, 0.5) is 4.39 Å². The average Bonchev–Trinajstić information content (AvgIpc) is 3.19. The number of likely N-dealkylation sites (tertiary alicyclic amines) is 1. The minimum absolute atomic E-state index is 0.135. The van der Waals surface area contributed by atoms with Crippen LogP contribution in [0.3, 0.4) is 0 Å². The number of likely N-dealkylation sites (N-methyl/N-ethyl adjacent to an activating group) is 1. The fraction of sp³-hybridized carbons (Fsp3) is 0.483. The Kier molecular flexibility index (Phi) is 7.21. The van der Waals surface area contributed by atoms with Gasteiger partial charge in [-0.15, -0.1) is 0 Å². The molecule has 3 heterocycles. The van der Waals surface area contributed by atoms with Crippen LogP contribution < -0.4 is 0 Å². The quantitative estimate of drug-likeness (QED) is 0.570. The Morgan fingerprint density at radius 1 is 1.00 bits per heavy atom. The summed E-state index contributed by atoms with van der Waals surface area (Å²) in [7, 11) is 2.19. The number of piperidine rings is 1. The topological polar surface area (TPSA) is 42.6 Å². The van der Waals surface area contributed by atoms with Gasteiger partial charge in [0.25, 0.3) is 5.91 Å². The second-order valence-corrected chi connectivity index (χ2v) is 10.4. The van der Waals surface area contributed by atoms with E-state index in [1.165, 1.54) is 34.3 Å². The van der Waals surface area contributed by atoms with Crippen molar-refractivity contribution in [3.05, 3.63) is 70.7 Å². The average molecular weight is 477 g/mol. The summed E-state index contributed by atoms with van der Waals surface area (Å²) < 4.78 is 13.2. The van der Waals surface area contributed by atoms with Crippen LogP contribution in [-0.4, -0.2) is 78.5 Å². The molecule has 186 valence electrons. The molecular formula is C29H37FN4O. The lowest BCUT2D eigenvalue weighted by atomic mass is 9.90. The number of amides is 1. The van der Waals surface area contributed by atoms with E-state index in [-0.39, 0.29) is 11.7 Å². The van der Waals surface area contributed by atoms with Crippen molar-refractivity contribution in [2.24, 2.45) is 5.92 Å². The van der Waals surface area contributed by atoms with E-state index in [1.807, 2.05) is 23.1 Å². The Labute approximate surface area is 207 Å². The number of nitrogens with zero attached hydrogens (tertiary/aromatic N) is 3. The minimum Gasteiger partial charge on any atom is -0.358 e. The molecule has 2 aromatic carbocycles. The monoisotopic (exact) mass is 476 g/mol. The number of hydrogen-bond acceptors (Lipinski definition) is 3. The Bertz CT molecular complexity index is 1160. The summed E-state index contributed by atoms with van der Waals surface area (Å²) in [5.74, 6) is 0.489. The van der Waals surface area contributed by atoms with Gasteiger partial charge in [-0.3, -0.25) is 4.79 Å². The number of aromatic nitrogens is 1. The maximum atomic E-state index is 13.4. The summed E-state index contributed by atoms with van der Waals surface area (Å²) in [5.41, 5.74) is 5.63. The lowest BCUT2D eigenvalue weighted by Gasteiger charge is -2.32. The van der Waals surface area contributed by atoms with Gasteiger partial charge in [0.1, 0.15) is 5.82 Å². The van der Waals surface area contributed by atoms with Crippen molar-refractivity contribution in [3.8, 4) is 0 Å². The number of nitrogens with one attached hydrogen (secondary N) is 1. The molecule has 1 aromatic heterocycles. The summed E-state index contributed by atoms with van der Waals surface area (Å²) in [6.07, 6.45) is 3.94. The zero-order valence-electron chi connectivity index (χ0n) is 21.0. The standard InChI is InChI=1S/C29H37FN4O/c1-21-26(11-12-33-17-15-32(2)16-18-33)27-20-24(5-8-28(27)31-21)29(35)34-13-9-23(10-14-34)19-22-3-6-25(30)7-4-22/h3-8,20,23,31H,9-19H2,1-2H3. The van der Waals surface area contributed by atoms with Gasteiger partial charge in [0.2, 0.25) is 0 Å². The lowest BCUT2D eigenvalue weighted by Crippen LogP contribution is -2.45. The molecule has 2 aliphatic rings. The van der Waals surface area contributed by atoms with E-state index in [0.717, 1.165) is 82.6 Å². The molecule has 5 nitrogen and oxygen atoms in total. The molecular weight excluding hydrogens is 439 g/mol. The number of H-pyrrole nitrogens is 1. The van der Waals surface area contributed by atoms with E-state index >= 15 is 0 Å². The molecule has 0 spiro atoms. The third-order valence-electron chi connectivity index (χ3n) is 7.98. The van der Waals surface area contributed by atoms with E-state index in [0.29, 0.717) is 5.92 Å². The SMILES string of the molecule is Cc1[nH]c2ccc(C(=O)N3CCC(Cc4ccc(F)cc4)CC3)cc2c1CCN1CCN(C)CC1. The molecule has 35 heavy (non-hydrogen) atoms. The van der Waals surface area contributed by atoms with Gasteiger partial charge < -0.3 is 19.7 Å². The highest BCUT2D eigenvalue weighted by molar-refractivity contribution is 5.99. The van der Waals surface area contributed by atoms with Gasteiger partial charge in [-0.2, -0.15) is 0 Å². The summed E-state index contributed by atoms with van der Waals surface area (Å²) in [6.45, 7) is 9.28. The Morgan fingerprint density at radius 2 is 1.71 bits per heavy atom. The van der Waals surface area contributed by atoms with E-state index < -0.39 is 0 Å². The van der Waals surface area contributed by atoms with Crippen LogP contribution in [0.2, 0.25) is 0 Å². The minimum atomic E-state index is -0.189. The van der Waals surface area contributed by atoms with Crippen LogP contribution >= 0.6 is 0 Å². The van der Waals surface area contributed by atoms with Crippen molar-refractivity contribution < 1.29 is 9.18 Å². The molecule has 2 fully saturated rings. The first-order valence-electron chi connectivity index (χ1n) is 13.0. The Morgan fingerprint density at radius 3 is 2.43 bits per heavy atom. The molecule has 5 rings (SSSR count). The first kappa shape index (κ1) is 24.0. The molecule has 0 unspecified atom stereocenters. The molecule has 2 aliphatic heterocycles. The third-order valence-corrected chi connectivity index (χ3v) is 7.98. The number of fused-ring (bicyclic) bond motifs is 1. The van der Waals surface area contributed by atoms with Crippen LogP contribution in [0.25, 0.3) is 10.9 Å². The predicted octanol–water partition coefficient (Wildman–Crippen LogP) is 4.50. The number of halogens is 1. The third kappa shape index (κ3) is 5.60. The molecule has 1 N–H and O–H groups in total. The lowest BCUT2D eigenvalue weighted by molar-refractivity contribution is 0.0690. The molecule has 3 aromatic rings. The van der Waals surface area contributed by atoms with Crippen molar-refractivity contribution in [1.82, 2.24) is 19.7 Å². The highest BCUT2D eigenvalue weighted by atomic mass is 19.1. The number of aryl methyl sites for hydroxylation is 1. The van der Waals surface area contributed by atoms with Gasteiger partial charge in [0.15, 0.2) is 0 Å². The largest absolute Gasteiger partial charge is 0.358 e. The van der Waals surface area contributed by atoms with Gasteiger partial charge >= 0.3 is 0 Å². The number of carbonyl (C=O) groups excluding carboxylic acids is 1. The first-order chi connectivity index (χ1) is 17.0. The number of benzene rings is 2. The van der Waals surface area contributed by atoms with Crippen LogP contribution in [0.15, 0.2) is 42.5 Å². The van der Waals surface area contributed by atoms with Crippen molar-refractivity contribution in [2.75, 3.05) is 52.9 Å². The molecule has 1 amide bonds. The highest BCUT2D eigenvalue weighted by Gasteiger charge is 2.24. The number of carbonyl (C=O) groups is 1. The maximum Gasteiger partial charge on any atom is 0.253 e. The zero-order chi connectivity index (χ0) is 24.4. The Hall–Kier alpha value is -2.70. The zero-order valence-corrected chi connectivity index (χ0v) is 21.0. The van der Waals surface area contributed by atoms with Gasteiger partial charge in [-0.05, 0) is 87.0 Å². The van der Waals surface area contributed by atoms with Gasteiger partial charge in [-0.1, -0.05) is 12.1 Å². The molecule has 0 aliphatic carbocycles. The molecule has 0 saturated carbocycles. The number of hydrogen-bond donors (Lipinski definition) is 1. The highest BCUT2D eigenvalue weighted by Crippen LogP contribution is 2.27. The summed E-state index contributed by atoms with van der Waals surface area (Å²) in [6, 6.07) is 13.0.